The summed E-state index contributed by atoms with van der Waals surface area (Å²) in [4.78, 5) is 31.6. The van der Waals surface area contributed by atoms with Gasteiger partial charge in [-0.05, 0) is 77.0 Å². The van der Waals surface area contributed by atoms with Gasteiger partial charge in [-0.1, -0.05) is 19.1 Å². The molecule has 6 heteroatoms. The van der Waals surface area contributed by atoms with Gasteiger partial charge in [0.1, 0.15) is 0 Å². The van der Waals surface area contributed by atoms with Crippen molar-refractivity contribution >= 4 is 17.7 Å². The zero-order chi connectivity index (χ0) is 23.3. The van der Waals surface area contributed by atoms with Crippen molar-refractivity contribution in [1.29, 1.82) is 0 Å². The van der Waals surface area contributed by atoms with E-state index in [1.807, 2.05) is 28.9 Å². The first-order valence-corrected chi connectivity index (χ1v) is 12.4. The summed E-state index contributed by atoms with van der Waals surface area (Å²) in [6.07, 6.45) is 5.97. The standard InChI is InChI=1S/C26H41N3O3/c1-6-22(18-25-12-11-20(4)28(25)26(31)32-7-2)27-15-13-23(14-16-27)29(21(5)30)24-10-8-9-19(3)17-24/h8-10,17,20,22-23,25H,6-7,11-16,18H2,1-5H3. The highest BCUT2D eigenvalue weighted by Gasteiger charge is 2.38. The zero-order valence-corrected chi connectivity index (χ0v) is 20.5. The van der Waals surface area contributed by atoms with Crippen LogP contribution in [0, 0.1) is 6.92 Å². The lowest BCUT2D eigenvalue weighted by Crippen LogP contribution is -2.51. The molecule has 2 aliphatic heterocycles. The van der Waals surface area contributed by atoms with Crippen LogP contribution in [0.1, 0.15) is 71.8 Å². The molecule has 0 spiro atoms. The average molecular weight is 444 g/mol. The molecule has 2 amide bonds. The number of carbonyl (C=O) groups is 2. The number of anilines is 1. The van der Waals surface area contributed by atoms with Crippen molar-refractivity contribution in [1.82, 2.24) is 9.80 Å². The molecule has 0 N–H and O–H groups in total. The lowest BCUT2D eigenvalue weighted by Gasteiger charge is -2.42. The molecule has 0 radical (unpaired) electrons. The Kier molecular flexibility index (Phi) is 8.57. The molecular weight excluding hydrogens is 402 g/mol. The molecule has 0 aromatic heterocycles. The number of hydrogen-bond donors (Lipinski definition) is 0. The zero-order valence-electron chi connectivity index (χ0n) is 20.5. The number of benzene rings is 1. The summed E-state index contributed by atoms with van der Waals surface area (Å²) in [5, 5.41) is 0. The fourth-order valence-electron chi connectivity index (χ4n) is 5.65. The lowest BCUT2D eigenvalue weighted by molar-refractivity contribution is -0.117. The van der Waals surface area contributed by atoms with Crippen molar-refractivity contribution in [3.8, 4) is 0 Å². The van der Waals surface area contributed by atoms with Gasteiger partial charge in [0.2, 0.25) is 5.91 Å². The molecule has 0 aliphatic carbocycles. The van der Waals surface area contributed by atoms with Crippen LogP contribution in [0.25, 0.3) is 0 Å². The van der Waals surface area contributed by atoms with E-state index in [1.54, 1.807) is 6.92 Å². The van der Waals surface area contributed by atoms with Crippen LogP contribution < -0.4 is 4.90 Å². The van der Waals surface area contributed by atoms with Gasteiger partial charge in [-0.15, -0.1) is 0 Å². The van der Waals surface area contributed by atoms with Crippen LogP contribution in [-0.4, -0.2) is 65.7 Å². The Hall–Kier alpha value is -2.08. The second-order valence-electron chi connectivity index (χ2n) is 9.48. The van der Waals surface area contributed by atoms with Gasteiger partial charge in [0.05, 0.1) is 6.61 Å². The maximum Gasteiger partial charge on any atom is 0.410 e. The van der Waals surface area contributed by atoms with Crippen LogP contribution in [0.15, 0.2) is 24.3 Å². The third-order valence-electron chi connectivity index (χ3n) is 7.28. The third-order valence-corrected chi connectivity index (χ3v) is 7.28. The van der Waals surface area contributed by atoms with E-state index in [0.29, 0.717) is 12.6 Å². The number of rotatable bonds is 7. The molecule has 3 unspecified atom stereocenters. The summed E-state index contributed by atoms with van der Waals surface area (Å²) in [6.45, 7) is 12.4. The quantitative estimate of drug-likeness (QED) is 0.596. The highest BCUT2D eigenvalue weighted by Crippen LogP contribution is 2.31. The SMILES string of the molecule is CCOC(=O)N1C(C)CCC1CC(CC)N1CCC(N(C(C)=O)c2cccc(C)c2)CC1. The molecule has 3 rings (SSSR count). The number of piperidine rings is 1. The highest BCUT2D eigenvalue weighted by atomic mass is 16.6. The van der Waals surface area contributed by atoms with E-state index in [4.69, 9.17) is 4.74 Å². The summed E-state index contributed by atoms with van der Waals surface area (Å²) in [7, 11) is 0. The Balaban J connectivity index is 1.62. The van der Waals surface area contributed by atoms with Crippen LogP contribution in [-0.2, 0) is 9.53 Å². The van der Waals surface area contributed by atoms with E-state index >= 15 is 0 Å². The fraction of sp³-hybridized carbons (Fsp3) is 0.692. The topological polar surface area (TPSA) is 53.1 Å². The Bertz CT molecular complexity index is 775. The molecule has 1 aromatic carbocycles. The molecular formula is C26H41N3O3. The summed E-state index contributed by atoms with van der Waals surface area (Å²) in [6, 6.07) is 9.45. The monoisotopic (exact) mass is 443 g/mol. The number of hydrogen-bond acceptors (Lipinski definition) is 4. The van der Waals surface area contributed by atoms with Crippen molar-refractivity contribution in [2.24, 2.45) is 0 Å². The number of nitrogens with zero attached hydrogens (tertiary/aromatic N) is 3. The van der Waals surface area contributed by atoms with Crippen LogP contribution in [0.5, 0.6) is 0 Å². The van der Waals surface area contributed by atoms with Gasteiger partial charge in [0.15, 0.2) is 0 Å². The molecule has 0 bridgehead atoms. The molecule has 2 aliphatic rings. The minimum atomic E-state index is -0.161. The number of likely N-dealkylation sites (tertiary alicyclic amines) is 2. The van der Waals surface area contributed by atoms with Crippen molar-refractivity contribution in [3.05, 3.63) is 29.8 Å². The van der Waals surface area contributed by atoms with Crippen LogP contribution in [0.4, 0.5) is 10.5 Å². The van der Waals surface area contributed by atoms with Crippen molar-refractivity contribution in [2.75, 3.05) is 24.6 Å². The van der Waals surface area contributed by atoms with E-state index in [0.717, 1.165) is 57.3 Å². The van der Waals surface area contributed by atoms with Gasteiger partial charge in [0, 0.05) is 49.9 Å². The first-order valence-electron chi connectivity index (χ1n) is 12.4. The van der Waals surface area contributed by atoms with Crippen molar-refractivity contribution in [2.45, 2.75) is 97.3 Å². The fourth-order valence-corrected chi connectivity index (χ4v) is 5.65. The molecule has 3 atom stereocenters. The van der Waals surface area contributed by atoms with Gasteiger partial charge in [-0.2, -0.15) is 0 Å². The molecule has 2 heterocycles. The van der Waals surface area contributed by atoms with Crippen LogP contribution in [0.3, 0.4) is 0 Å². The van der Waals surface area contributed by atoms with Gasteiger partial charge in [-0.3, -0.25) is 4.79 Å². The number of ether oxygens (including phenoxy) is 1. The van der Waals surface area contributed by atoms with E-state index in [1.165, 1.54) is 5.56 Å². The van der Waals surface area contributed by atoms with Crippen LogP contribution in [0.2, 0.25) is 0 Å². The molecule has 1 aromatic rings. The Morgan fingerprint density at radius 2 is 1.88 bits per heavy atom. The number of aryl methyl sites for hydroxylation is 1. The predicted octanol–water partition coefficient (Wildman–Crippen LogP) is 4.99. The van der Waals surface area contributed by atoms with Gasteiger partial charge < -0.3 is 19.4 Å². The first kappa shape index (κ1) is 24.6. The Morgan fingerprint density at radius 1 is 1.16 bits per heavy atom. The second kappa shape index (κ2) is 11.2. The Labute approximate surface area is 193 Å². The lowest BCUT2D eigenvalue weighted by atomic mass is 9.96. The normalized spacial score (nSPS) is 23.2. The molecule has 2 fully saturated rings. The van der Waals surface area contributed by atoms with E-state index in [-0.39, 0.29) is 30.1 Å². The predicted molar refractivity (Wildman–Crippen MR) is 129 cm³/mol. The molecule has 178 valence electrons. The Morgan fingerprint density at radius 3 is 2.47 bits per heavy atom. The minimum absolute atomic E-state index is 0.117. The van der Waals surface area contributed by atoms with Gasteiger partial charge in [0.25, 0.3) is 0 Å². The van der Waals surface area contributed by atoms with Gasteiger partial charge in [-0.25, -0.2) is 4.79 Å². The van der Waals surface area contributed by atoms with E-state index in [2.05, 4.69) is 37.8 Å². The third kappa shape index (κ3) is 5.64. The minimum Gasteiger partial charge on any atom is -0.450 e. The number of carbonyl (C=O) groups excluding carboxylic acids is 2. The van der Waals surface area contributed by atoms with Crippen LogP contribution >= 0.6 is 0 Å². The summed E-state index contributed by atoms with van der Waals surface area (Å²) >= 11 is 0. The maximum absolute atomic E-state index is 12.5. The van der Waals surface area contributed by atoms with Crippen molar-refractivity contribution in [3.63, 3.8) is 0 Å². The van der Waals surface area contributed by atoms with E-state index in [9.17, 15) is 9.59 Å². The number of amides is 2. The summed E-state index contributed by atoms with van der Waals surface area (Å²) < 4.78 is 5.34. The molecule has 2 saturated heterocycles. The molecule has 0 saturated carbocycles. The smallest absolute Gasteiger partial charge is 0.410 e. The molecule has 6 nitrogen and oxygen atoms in total. The summed E-state index contributed by atoms with van der Waals surface area (Å²) in [5.41, 5.74) is 2.18. The van der Waals surface area contributed by atoms with Gasteiger partial charge >= 0.3 is 6.09 Å². The highest BCUT2D eigenvalue weighted by molar-refractivity contribution is 5.92. The van der Waals surface area contributed by atoms with E-state index < -0.39 is 0 Å². The largest absolute Gasteiger partial charge is 0.450 e. The van der Waals surface area contributed by atoms with Crippen molar-refractivity contribution < 1.29 is 14.3 Å². The first-order chi connectivity index (χ1) is 15.3. The maximum atomic E-state index is 12.5. The molecule has 32 heavy (non-hydrogen) atoms. The second-order valence-corrected chi connectivity index (χ2v) is 9.48. The average Bonchev–Trinajstić information content (AvgIpc) is 3.13. The summed E-state index contributed by atoms with van der Waals surface area (Å²) in [5.74, 6) is 0.117.